The van der Waals surface area contributed by atoms with Crippen LogP contribution in [0.4, 0.5) is 0 Å². The third-order valence-electron chi connectivity index (χ3n) is 11.6. The number of amides is 2. The lowest BCUT2D eigenvalue weighted by Crippen LogP contribution is -2.48. The van der Waals surface area contributed by atoms with Crippen LogP contribution in [-0.4, -0.2) is 84.6 Å². The number of hydrogen-bond acceptors (Lipinski definition) is 11. The van der Waals surface area contributed by atoms with Crippen molar-refractivity contribution >= 4 is 56.0 Å². The normalized spacial score (nSPS) is 29.9. The van der Waals surface area contributed by atoms with Crippen LogP contribution in [0.5, 0.6) is 17.4 Å². The van der Waals surface area contributed by atoms with Gasteiger partial charge < -0.3 is 23.8 Å². The average molecular weight is 816 g/mol. The maximum absolute atomic E-state index is 14.9. The first kappa shape index (κ1) is 41.7. The molecule has 56 heavy (non-hydrogen) atoms. The zero-order valence-electron chi connectivity index (χ0n) is 33.3. The molecular formula is C41H54ClN3O10S. The van der Waals surface area contributed by atoms with Gasteiger partial charge in [0.05, 0.1) is 50.8 Å². The van der Waals surface area contributed by atoms with Crippen LogP contribution in [0.25, 0.3) is 10.8 Å². The fourth-order valence-electron chi connectivity index (χ4n) is 8.25. The smallest absolute Gasteiger partial charge is 0.307 e. The molecule has 2 aliphatic heterocycles. The molecule has 2 aromatic rings. The van der Waals surface area contributed by atoms with E-state index in [0.717, 1.165) is 6.42 Å². The van der Waals surface area contributed by atoms with Gasteiger partial charge in [0.1, 0.15) is 23.2 Å². The third-order valence-corrected chi connectivity index (χ3v) is 14.5. The van der Waals surface area contributed by atoms with Crippen molar-refractivity contribution in [1.82, 2.24) is 14.6 Å². The Bertz CT molecular complexity index is 2010. The van der Waals surface area contributed by atoms with Crippen molar-refractivity contribution in [2.45, 2.75) is 114 Å². The molecule has 15 heteroatoms. The van der Waals surface area contributed by atoms with E-state index < -0.39 is 61.0 Å². The number of Topliss-reactive ketones (excluding diaryl/α,β-unsaturated/α-hetero) is 1. The van der Waals surface area contributed by atoms with Crippen molar-refractivity contribution in [3.63, 3.8) is 0 Å². The molecule has 7 atom stereocenters. The number of nitrogens with zero attached hydrogens (tertiary/aromatic N) is 2. The highest BCUT2D eigenvalue weighted by molar-refractivity contribution is 7.93. The molecule has 0 bridgehead atoms. The Hall–Kier alpha value is -3.91. The highest BCUT2D eigenvalue weighted by atomic mass is 35.5. The second-order valence-electron chi connectivity index (χ2n) is 17.2. The lowest BCUT2D eigenvalue weighted by molar-refractivity contribution is -0.160. The number of rotatable bonds is 9. The summed E-state index contributed by atoms with van der Waals surface area (Å²) >= 11 is 6.26. The number of halogens is 1. The van der Waals surface area contributed by atoms with Crippen molar-refractivity contribution in [3.05, 3.63) is 36.5 Å². The molecule has 3 fully saturated rings. The third kappa shape index (κ3) is 8.80. The van der Waals surface area contributed by atoms with E-state index in [1.165, 1.54) is 18.2 Å². The summed E-state index contributed by atoms with van der Waals surface area (Å²) in [6.07, 6.45) is 7.19. The highest BCUT2D eigenvalue weighted by Crippen LogP contribution is 2.58. The number of methoxy groups -OCH3 is 2. The van der Waals surface area contributed by atoms with Crippen LogP contribution >= 0.6 is 11.6 Å². The number of alkyl halides is 1. The highest BCUT2D eigenvalue weighted by Gasteiger charge is 2.63. The zero-order chi connectivity index (χ0) is 40.8. The summed E-state index contributed by atoms with van der Waals surface area (Å²) in [7, 11) is -1.10. The zero-order valence-corrected chi connectivity index (χ0v) is 34.8. The number of pyridine rings is 1. The first-order valence-electron chi connectivity index (χ1n) is 19.4. The van der Waals surface area contributed by atoms with Gasteiger partial charge in [0.25, 0.3) is 10.0 Å². The molecular weight excluding hydrogens is 762 g/mol. The molecule has 6 rings (SSSR count). The van der Waals surface area contributed by atoms with Gasteiger partial charge in [-0.2, -0.15) is 0 Å². The summed E-state index contributed by atoms with van der Waals surface area (Å²) < 4.78 is 50.1. The van der Waals surface area contributed by atoms with E-state index in [0.29, 0.717) is 35.1 Å². The van der Waals surface area contributed by atoms with Gasteiger partial charge in [-0.25, -0.2) is 13.4 Å². The van der Waals surface area contributed by atoms with Crippen molar-refractivity contribution < 1.29 is 46.5 Å². The van der Waals surface area contributed by atoms with Gasteiger partial charge in [0.15, 0.2) is 9.99 Å². The molecule has 1 aromatic carbocycles. The Balaban J connectivity index is 1.36. The second kappa shape index (κ2) is 15.8. The second-order valence-corrected chi connectivity index (χ2v) is 20.1. The van der Waals surface area contributed by atoms with E-state index in [1.807, 2.05) is 19.1 Å². The van der Waals surface area contributed by atoms with E-state index in [2.05, 4.69) is 16.6 Å². The Morgan fingerprint density at radius 2 is 1.80 bits per heavy atom. The number of carbonyl (C=O) groups excluding carboxylic acids is 4. The molecule has 2 amide bonds. The number of ether oxygens (including phenoxy) is 4. The van der Waals surface area contributed by atoms with E-state index >= 15 is 0 Å². The van der Waals surface area contributed by atoms with Gasteiger partial charge in [-0.3, -0.25) is 23.9 Å². The van der Waals surface area contributed by atoms with Crippen LogP contribution in [-0.2, 0) is 33.9 Å². The molecule has 13 nitrogen and oxygen atoms in total. The molecule has 2 saturated carbocycles. The quantitative estimate of drug-likeness (QED) is 0.177. The van der Waals surface area contributed by atoms with Crippen LogP contribution < -0.4 is 18.9 Å². The number of carbonyl (C=O) groups is 4. The van der Waals surface area contributed by atoms with Crippen molar-refractivity contribution in [2.75, 3.05) is 20.8 Å². The average Bonchev–Trinajstić information content (AvgIpc) is 4.01. The van der Waals surface area contributed by atoms with Gasteiger partial charge in [0, 0.05) is 23.6 Å². The van der Waals surface area contributed by atoms with Gasteiger partial charge in [-0.15, -0.1) is 0 Å². The number of nitrogens with one attached hydrogen (secondary N) is 1. The minimum atomic E-state index is -4.19. The number of benzene rings is 1. The number of esters is 1. The SMILES string of the molecule is COc1ccc2c(O[C@@H]3C[C@H]4C(=O)C[C@]5(C(=O)NS(=O)(=O)C6(Cl)CC6)C[C@H]5/C=C\CC[C@@H](C)C[C@@H](C)[C@H](CC(=O)OC(C)(C)C)C(=O)N4C3)ncc(OC)c2c1. The number of fused-ring (bicyclic) bond motifs is 3. The monoisotopic (exact) mass is 815 g/mol. The Morgan fingerprint density at radius 3 is 2.46 bits per heavy atom. The summed E-state index contributed by atoms with van der Waals surface area (Å²) in [6, 6.07) is 4.35. The fraction of sp³-hybridized carbons (Fsp3) is 0.634. The molecule has 0 unspecified atom stereocenters. The number of aromatic nitrogens is 1. The molecule has 1 N–H and O–H groups in total. The van der Waals surface area contributed by atoms with Crippen LogP contribution in [0, 0.1) is 29.1 Å². The fourth-order valence-corrected chi connectivity index (χ4v) is 9.73. The number of allylic oxidation sites excluding steroid dienone is 2. The van der Waals surface area contributed by atoms with Gasteiger partial charge >= 0.3 is 5.97 Å². The first-order valence-corrected chi connectivity index (χ1v) is 21.3. The molecule has 0 radical (unpaired) electrons. The molecule has 0 spiro atoms. The molecule has 4 aliphatic rings. The standard InChI is InChI=1S/C41H54ClN3O10S/c1-24-10-8-9-11-26-20-40(26,38(49)44-56(50,51)41(42)14-15-41)21-33(46)32-18-28(54-36-29-13-12-27(52-6)17-31(29)34(53-7)22-43-36)23-45(32)37(48)30(25(2)16-24)19-35(47)55-39(3,4)5/h9,11-13,17,22,24-26,28,30,32H,8,10,14-16,18-21,23H2,1-7H3,(H,44,49)/b11-9-/t24-,25-,26-,28-,30+,32+,40-/m1/s1. The largest absolute Gasteiger partial charge is 0.497 e. The Morgan fingerprint density at radius 1 is 1.07 bits per heavy atom. The maximum atomic E-state index is 14.9. The summed E-state index contributed by atoms with van der Waals surface area (Å²) in [6.45, 7) is 9.38. The van der Waals surface area contributed by atoms with Crippen LogP contribution in [0.3, 0.4) is 0 Å². The Kier molecular flexibility index (Phi) is 11.8. The van der Waals surface area contributed by atoms with Gasteiger partial charge in [-0.1, -0.05) is 37.6 Å². The molecule has 1 saturated heterocycles. The van der Waals surface area contributed by atoms with E-state index in [-0.39, 0.29) is 74.6 Å². The lowest BCUT2D eigenvalue weighted by atomic mass is 9.82. The topological polar surface area (TPSA) is 167 Å². The summed E-state index contributed by atoms with van der Waals surface area (Å²) in [5.74, 6) is -1.91. The number of sulfonamides is 1. The predicted octanol–water partition coefficient (Wildman–Crippen LogP) is 6.10. The van der Waals surface area contributed by atoms with E-state index in [1.54, 1.807) is 46.1 Å². The maximum Gasteiger partial charge on any atom is 0.307 e. The van der Waals surface area contributed by atoms with Crippen LogP contribution in [0.15, 0.2) is 36.5 Å². The summed E-state index contributed by atoms with van der Waals surface area (Å²) in [5.41, 5.74) is -2.10. The first-order chi connectivity index (χ1) is 26.3. The van der Waals surface area contributed by atoms with Crippen molar-refractivity contribution in [2.24, 2.45) is 29.1 Å². The summed E-state index contributed by atoms with van der Waals surface area (Å²) in [4.78, 5) is 62.8. The van der Waals surface area contributed by atoms with Crippen molar-refractivity contribution in [1.29, 1.82) is 0 Å². The predicted molar refractivity (Wildman–Crippen MR) is 210 cm³/mol. The number of hydrogen-bond donors (Lipinski definition) is 1. The number of ketones is 1. The minimum absolute atomic E-state index is 0.0133. The van der Waals surface area contributed by atoms with Crippen molar-refractivity contribution in [3.8, 4) is 17.4 Å². The van der Waals surface area contributed by atoms with Crippen LogP contribution in [0.2, 0.25) is 0 Å². The van der Waals surface area contributed by atoms with E-state index in [9.17, 15) is 27.6 Å². The molecule has 306 valence electrons. The van der Waals surface area contributed by atoms with Gasteiger partial charge in [-0.05, 0) is 95.2 Å². The molecule has 3 heterocycles. The minimum Gasteiger partial charge on any atom is -0.497 e. The summed E-state index contributed by atoms with van der Waals surface area (Å²) in [5, 5.41) is 1.33. The molecule has 2 aliphatic carbocycles. The van der Waals surface area contributed by atoms with Crippen LogP contribution in [0.1, 0.15) is 92.4 Å². The Labute approximate surface area is 334 Å². The lowest BCUT2D eigenvalue weighted by Gasteiger charge is -2.32. The molecule has 1 aromatic heterocycles. The van der Waals surface area contributed by atoms with Gasteiger partial charge in [0.2, 0.25) is 17.7 Å². The van der Waals surface area contributed by atoms with E-state index in [4.69, 9.17) is 30.5 Å².